The van der Waals surface area contributed by atoms with E-state index in [4.69, 9.17) is 9.15 Å². The summed E-state index contributed by atoms with van der Waals surface area (Å²) in [7, 11) is 1.57. The van der Waals surface area contributed by atoms with E-state index in [0.717, 1.165) is 5.76 Å². The minimum atomic E-state index is -0.475. The van der Waals surface area contributed by atoms with E-state index in [0.29, 0.717) is 13.2 Å². The molecule has 1 unspecified atom stereocenters. The van der Waals surface area contributed by atoms with Crippen molar-refractivity contribution in [2.45, 2.75) is 19.1 Å². The van der Waals surface area contributed by atoms with Crippen LogP contribution in [-0.4, -0.2) is 31.5 Å². The highest BCUT2D eigenvalue weighted by Crippen LogP contribution is 2.11. The minimum absolute atomic E-state index is 0.108. The van der Waals surface area contributed by atoms with Crippen LogP contribution in [0.2, 0.25) is 0 Å². The number of hydrogen-bond acceptors (Lipinski definition) is 4. The normalized spacial score (nSPS) is 15.4. The first-order valence-corrected chi connectivity index (χ1v) is 4.68. The van der Waals surface area contributed by atoms with E-state index in [9.17, 15) is 5.11 Å². The van der Waals surface area contributed by atoms with E-state index in [-0.39, 0.29) is 6.04 Å². The summed E-state index contributed by atoms with van der Waals surface area (Å²) in [6, 6.07) is 3.86. The van der Waals surface area contributed by atoms with Crippen molar-refractivity contribution in [3.05, 3.63) is 24.2 Å². The van der Waals surface area contributed by atoms with Gasteiger partial charge in [-0.1, -0.05) is 0 Å². The van der Waals surface area contributed by atoms with Crippen LogP contribution in [0, 0.1) is 0 Å². The Kier molecular flexibility index (Phi) is 4.65. The van der Waals surface area contributed by atoms with Gasteiger partial charge in [-0.3, -0.25) is 0 Å². The average Bonchev–Trinajstić information content (AvgIpc) is 2.67. The van der Waals surface area contributed by atoms with Gasteiger partial charge in [-0.25, -0.2) is 0 Å². The van der Waals surface area contributed by atoms with Crippen LogP contribution >= 0.6 is 0 Å². The zero-order chi connectivity index (χ0) is 10.4. The largest absolute Gasteiger partial charge is 0.468 e. The Morgan fingerprint density at radius 1 is 1.64 bits per heavy atom. The molecule has 2 atom stereocenters. The van der Waals surface area contributed by atoms with Crippen LogP contribution in [0.1, 0.15) is 18.7 Å². The van der Waals surface area contributed by atoms with Gasteiger partial charge in [-0.05, 0) is 19.1 Å². The number of methoxy groups -OCH3 is 1. The maximum Gasteiger partial charge on any atom is 0.120 e. The Morgan fingerprint density at radius 2 is 2.43 bits per heavy atom. The Morgan fingerprint density at radius 3 is 3.00 bits per heavy atom. The molecule has 14 heavy (non-hydrogen) atoms. The van der Waals surface area contributed by atoms with Gasteiger partial charge >= 0.3 is 0 Å². The second kappa shape index (κ2) is 5.80. The van der Waals surface area contributed by atoms with Crippen LogP contribution in [0.3, 0.4) is 0 Å². The summed E-state index contributed by atoms with van der Waals surface area (Å²) >= 11 is 0. The van der Waals surface area contributed by atoms with Crippen LogP contribution in [0.25, 0.3) is 0 Å². The molecule has 1 rings (SSSR count). The van der Waals surface area contributed by atoms with Gasteiger partial charge in [0.25, 0.3) is 0 Å². The number of ether oxygens (including phenoxy) is 1. The smallest absolute Gasteiger partial charge is 0.120 e. The summed E-state index contributed by atoms with van der Waals surface area (Å²) in [6.07, 6.45) is 1.16. The molecule has 0 saturated carbocycles. The van der Waals surface area contributed by atoms with Gasteiger partial charge in [0.15, 0.2) is 0 Å². The van der Waals surface area contributed by atoms with Gasteiger partial charge in [0.05, 0.1) is 25.0 Å². The van der Waals surface area contributed by atoms with E-state index in [2.05, 4.69) is 5.32 Å². The topological polar surface area (TPSA) is 54.6 Å². The number of hydrogen-bond donors (Lipinski definition) is 2. The van der Waals surface area contributed by atoms with E-state index in [1.807, 2.05) is 19.1 Å². The molecule has 4 heteroatoms. The summed E-state index contributed by atoms with van der Waals surface area (Å²) in [5.41, 5.74) is 0. The second-order valence-electron chi connectivity index (χ2n) is 3.25. The molecule has 2 N–H and O–H groups in total. The molecule has 80 valence electrons. The maximum atomic E-state index is 9.38. The summed E-state index contributed by atoms with van der Waals surface area (Å²) in [6.45, 7) is 2.83. The third-order valence-electron chi connectivity index (χ3n) is 1.99. The Bertz CT molecular complexity index is 236. The van der Waals surface area contributed by atoms with Crippen molar-refractivity contribution in [2.75, 3.05) is 20.3 Å². The highest BCUT2D eigenvalue weighted by Gasteiger charge is 2.09. The third kappa shape index (κ3) is 3.49. The van der Waals surface area contributed by atoms with E-state index >= 15 is 0 Å². The molecule has 0 spiro atoms. The van der Waals surface area contributed by atoms with Gasteiger partial charge in [-0.15, -0.1) is 0 Å². The van der Waals surface area contributed by atoms with Crippen LogP contribution in [0.4, 0.5) is 0 Å². The van der Waals surface area contributed by atoms with Crippen LogP contribution in [0.5, 0.6) is 0 Å². The number of rotatable bonds is 6. The molecule has 0 radical (unpaired) electrons. The van der Waals surface area contributed by atoms with Crippen molar-refractivity contribution >= 4 is 0 Å². The van der Waals surface area contributed by atoms with E-state index in [1.165, 1.54) is 0 Å². The fourth-order valence-electron chi connectivity index (χ4n) is 1.20. The van der Waals surface area contributed by atoms with Gasteiger partial charge in [0.1, 0.15) is 5.76 Å². The molecular formula is C10H17NO3. The monoisotopic (exact) mass is 199 g/mol. The lowest BCUT2D eigenvalue weighted by molar-refractivity contribution is 0.0626. The van der Waals surface area contributed by atoms with Gasteiger partial charge in [-0.2, -0.15) is 0 Å². The van der Waals surface area contributed by atoms with Crippen molar-refractivity contribution < 1.29 is 14.3 Å². The fourth-order valence-corrected chi connectivity index (χ4v) is 1.20. The molecule has 0 saturated heterocycles. The van der Waals surface area contributed by atoms with Crippen molar-refractivity contribution in [1.29, 1.82) is 0 Å². The van der Waals surface area contributed by atoms with Crippen LogP contribution in [0.15, 0.2) is 22.8 Å². The molecule has 0 bridgehead atoms. The second-order valence-corrected chi connectivity index (χ2v) is 3.25. The molecule has 0 fully saturated rings. The van der Waals surface area contributed by atoms with Crippen LogP contribution in [-0.2, 0) is 4.74 Å². The quantitative estimate of drug-likeness (QED) is 0.716. The Hall–Kier alpha value is -0.840. The van der Waals surface area contributed by atoms with Crippen LogP contribution < -0.4 is 5.32 Å². The lowest BCUT2D eigenvalue weighted by Gasteiger charge is -2.14. The Labute approximate surface area is 83.9 Å². The molecule has 0 aromatic carbocycles. The van der Waals surface area contributed by atoms with Gasteiger partial charge in [0.2, 0.25) is 0 Å². The standard InChI is InChI=1S/C10H17NO3/c1-8(10-4-3-5-14-10)11-6-9(12)7-13-2/h3-5,8-9,11-12H,6-7H2,1-2H3/t8-,9?/m0/s1. The summed E-state index contributed by atoms with van der Waals surface area (Å²) in [5.74, 6) is 0.870. The predicted octanol–water partition coefficient (Wildman–Crippen LogP) is 0.937. The molecule has 0 aliphatic rings. The predicted molar refractivity (Wildman–Crippen MR) is 53.0 cm³/mol. The zero-order valence-corrected chi connectivity index (χ0v) is 8.56. The lowest BCUT2D eigenvalue weighted by atomic mass is 10.2. The van der Waals surface area contributed by atoms with Crippen molar-refractivity contribution in [3.63, 3.8) is 0 Å². The van der Waals surface area contributed by atoms with Crippen molar-refractivity contribution in [2.24, 2.45) is 0 Å². The number of nitrogens with one attached hydrogen (secondary N) is 1. The number of aliphatic hydroxyl groups excluding tert-OH is 1. The van der Waals surface area contributed by atoms with Crippen molar-refractivity contribution in [3.8, 4) is 0 Å². The van der Waals surface area contributed by atoms with Gasteiger partial charge in [0, 0.05) is 13.7 Å². The third-order valence-corrected chi connectivity index (χ3v) is 1.99. The maximum absolute atomic E-state index is 9.38. The highest BCUT2D eigenvalue weighted by atomic mass is 16.5. The molecule has 0 aliphatic heterocycles. The van der Waals surface area contributed by atoms with E-state index < -0.39 is 6.10 Å². The fraction of sp³-hybridized carbons (Fsp3) is 0.600. The number of aliphatic hydroxyl groups is 1. The first-order chi connectivity index (χ1) is 6.74. The molecule has 0 aliphatic carbocycles. The van der Waals surface area contributed by atoms with Gasteiger partial charge < -0.3 is 19.6 Å². The summed E-state index contributed by atoms with van der Waals surface area (Å²) in [4.78, 5) is 0. The van der Waals surface area contributed by atoms with E-state index in [1.54, 1.807) is 13.4 Å². The molecule has 1 heterocycles. The molecule has 1 aromatic rings. The first-order valence-electron chi connectivity index (χ1n) is 4.68. The molecular weight excluding hydrogens is 182 g/mol. The first kappa shape index (κ1) is 11.2. The molecule has 1 aromatic heterocycles. The number of furan rings is 1. The molecule has 4 nitrogen and oxygen atoms in total. The molecule has 0 amide bonds. The zero-order valence-electron chi connectivity index (χ0n) is 8.56. The minimum Gasteiger partial charge on any atom is -0.468 e. The average molecular weight is 199 g/mol. The highest BCUT2D eigenvalue weighted by molar-refractivity contribution is 5.02. The van der Waals surface area contributed by atoms with Crippen molar-refractivity contribution in [1.82, 2.24) is 5.32 Å². The summed E-state index contributed by atoms with van der Waals surface area (Å²) < 4.78 is 10.0. The Balaban J connectivity index is 2.24. The summed E-state index contributed by atoms with van der Waals surface area (Å²) in [5, 5.41) is 12.5. The SMILES string of the molecule is COCC(O)CN[C@@H](C)c1ccco1. The lowest BCUT2D eigenvalue weighted by Crippen LogP contribution is -2.31.